The molecule has 0 bridgehead atoms. The number of carbonyl (C=O) groups is 1. The monoisotopic (exact) mass is 306 g/mol. The molecule has 0 spiro atoms. The highest BCUT2D eigenvalue weighted by molar-refractivity contribution is 7.99. The maximum Gasteiger partial charge on any atom is 0.224 e. The number of rotatable bonds is 6. The number of amides is 1. The van der Waals surface area contributed by atoms with E-state index in [0.717, 1.165) is 17.7 Å². The zero-order chi connectivity index (χ0) is 15.2. The average molecular weight is 306 g/mol. The molecule has 0 aromatic heterocycles. The predicted octanol–water partition coefficient (Wildman–Crippen LogP) is 3.11. The molecule has 3 nitrogen and oxygen atoms in total. The molecule has 1 saturated carbocycles. The van der Waals surface area contributed by atoms with Crippen molar-refractivity contribution in [2.45, 2.75) is 50.4 Å². The molecule has 4 unspecified atom stereocenters. The molecular weight excluding hydrogens is 280 g/mol. The lowest BCUT2D eigenvalue weighted by Gasteiger charge is -2.25. The maximum absolute atomic E-state index is 12.5. The fraction of sp³-hybridized carbons (Fsp3) is 0.588. The lowest BCUT2D eigenvalue weighted by molar-refractivity contribution is -0.125. The van der Waals surface area contributed by atoms with Crippen LogP contribution in [0.2, 0.25) is 0 Å². The normalized spacial score (nSPS) is 24.5. The first kappa shape index (κ1) is 16.4. The molecule has 116 valence electrons. The van der Waals surface area contributed by atoms with Gasteiger partial charge in [0.25, 0.3) is 0 Å². The van der Waals surface area contributed by atoms with Crippen LogP contribution in [0.3, 0.4) is 0 Å². The molecule has 4 atom stereocenters. The van der Waals surface area contributed by atoms with Gasteiger partial charge in [0.2, 0.25) is 5.91 Å². The molecule has 0 saturated heterocycles. The minimum absolute atomic E-state index is 0.0833. The van der Waals surface area contributed by atoms with E-state index in [1.165, 1.54) is 12.8 Å². The SMILES string of the molecule is CCSC1CCCC1NC(=O)C(C)C(N)c1ccccc1. The molecule has 0 aliphatic heterocycles. The number of thioether (sulfide) groups is 1. The molecule has 0 heterocycles. The van der Waals surface area contributed by atoms with Crippen LogP contribution in [0.5, 0.6) is 0 Å². The summed E-state index contributed by atoms with van der Waals surface area (Å²) in [6.45, 7) is 4.10. The molecule has 2 rings (SSSR count). The average Bonchev–Trinajstić information content (AvgIpc) is 2.94. The topological polar surface area (TPSA) is 55.1 Å². The lowest BCUT2D eigenvalue weighted by atomic mass is 9.94. The quantitative estimate of drug-likeness (QED) is 0.849. The van der Waals surface area contributed by atoms with E-state index in [1.807, 2.05) is 49.0 Å². The van der Waals surface area contributed by atoms with Gasteiger partial charge in [0.05, 0.1) is 5.92 Å². The smallest absolute Gasteiger partial charge is 0.224 e. The Balaban J connectivity index is 1.93. The highest BCUT2D eigenvalue weighted by Gasteiger charge is 2.31. The summed E-state index contributed by atoms with van der Waals surface area (Å²) in [7, 11) is 0. The largest absolute Gasteiger partial charge is 0.352 e. The Labute approximate surface area is 132 Å². The van der Waals surface area contributed by atoms with Crippen molar-refractivity contribution in [2.75, 3.05) is 5.75 Å². The van der Waals surface area contributed by atoms with Crippen molar-refractivity contribution in [1.29, 1.82) is 0 Å². The molecule has 1 amide bonds. The first-order valence-corrected chi connectivity index (χ1v) is 8.90. The fourth-order valence-corrected chi connectivity index (χ4v) is 4.14. The van der Waals surface area contributed by atoms with Gasteiger partial charge in [0.15, 0.2) is 0 Å². The van der Waals surface area contributed by atoms with E-state index in [4.69, 9.17) is 5.73 Å². The van der Waals surface area contributed by atoms with Gasteiger partial charge in [-0.05, 0) is 24.2 Å². The molecular formula is C17H26N2OS. The van der Waals surface area contributed by atoms with E-state index in [-0.39, 0.29) is 17.9 Å². The number of nitrogens with one attached hydrogen (secondary N) is 1. The van der Waals surface area contributed by atoms with Crippen molar-refractivity contribution in [2.24, 2.45) is 11.7 Å². The van der Waals surface area contributed by atoms with Crippen LogP contribution in [0, 0.1) is 5.92 Å². The zero-order valence-corrected chi connectivity index (χ0v) is 13.7. The number of nitrogens with two attached hydrogens (primary N) is 1. The van der Waals surface area contributed by atoms with Gasteiger partial charge in [-0.2, -0.15) is 11.8 Å². The summed E-state index contributed by atoms with van der Waals surface area (Å²) in [5.41, 5.74) is 7.26. The van der Waals surface area contributed by atoms with Crippen molar-refractivity contribution < 1.29 is 4.79 Å². The Morgan fingerprint density at radius 1 is 1.38 bits per heavy atom. The zero-order valence-electron chi connectivity index (χ0n) is 12.9. The number of carbonyl (C=O) groups excluding carboxylic acids is 1. The van der Waals surface area contributed by atoms with Crippen molar-refractivity contribution in [3.05, 3.63) is 35.9 Å². The van der Waals surface area contributed by atoms with Gasteiger partial charge in [-0.25, -0.2) is 0 Å². The third-order valence-corrected chi connectivity index (χ3v) is 5.62. The molecule has 1 fully saturated rings. The molecule has 0 radical (unpaired) electrons. The third kappa shape index (κ3) is 4.24. The summed E-state index contributed by atoms with van der Waals surface area (Å²) in [4.78, 5) is 12.5. The summed E-state index contributed by atoms with van der Waals surface area (Å²) in [5, 5.41) is 3.79. The van der Waals surface area contributed by atoms with Crippen LogP contribution in [0.1, 0.15) is 44.7 Å². The third-order valence-electron chi connectivity index (χ3n) is 4.30. The number of hydrogen-bond donors (Lipinski definition) is 2. The molecule has 3 N–H and O–H groups in total. The van der Waals surface area contributed by atoms with Gasteiger partial charge >= 0.3 is 0 Å². The summed E-state index contributed by atoms with van der Waals surface area (Å²) < 4.78 is 0. The van der Waals surface area contributed by atoms with Crippen molar-refractivity contribution in [3.63, 3.8) is 0 Å². The van der Waals surface area contributed by atoms with Crippen molar-refractivity contribution >= 4 is 17.7 Å². The van der Waals surface area contributed by atoms with E-state index in [9.17, 15) is 4.79 Å². The lowest BCUT2D eigenvalue weighted by Crippen LogP contribution is -2.43. The van der Waals surface area contributed by atoms with Crippen LogP contribution in [0.15, 0.2) is 30.3 Å². The van der Waals surface area contributed by atoms with Gasteiger partial charge in [-0.1, -0.05) is 50.6 Å². The minimum Gasteiger partial charge on any atom is -0.352 e. The summed E-state index contributed by atoms with van der Waals surface area (Å²) >= 11 is 1.96. The van der Waals surface area contributed by atoms with Gasteiger partial charge < -0.3 is 11.1 Å². The Kier molecular flexibility index (Phi) is 6.12. The van der Waals surface area contributed by atoms with Gasteiger partial charge in [-0.15, -0.1) is 0 Å². The van der Waals surface area contributed by atoms with Crippen LogP contribution in [0.25, 0.3) is 0 Å². The van der Waals surface area contributed by atoms with Gasteiger partial charge in [0.1, 0.15) is 0 Å². The van der Waals surface area contributed by atoms with Crippen LogP contribution in [0.4, 0.5) is 0 Å². The minimum atomic E-state index is -0.245. The second kappa shape index (κ2) is 7.85. The van der Waals surface area contributed by atoms with E-state index in [2.05, 4.69) is 12.2 Å². The molecule has 1 aromatic rings. The van der Waals surface area contributed by atoms with E-state index in [0.29, 0.717) is 11.3 Å². The molecule has 1 aliphatic carbocycles. The highest BCUT2D eigenvalue weighted by atomic mass is 32.2. The van der Waals surface area contributed by atoms with Gasteiger partial charge in [-0.3, -0.25) is 4.79 Å². The summed E-state index contributed by atoms with van der Waals surface area (Å²) in [6, 6.07) is 9.93. The van der Waals surface area contributed by atoms with Crippen LogP contribution in [-0.2, 0) is 4.79 Å². The predicted molar refractivity (Wildman–Crippen MR) is 90.2 cm³/mol. The van der Waals surface area contributed by atoms with E-state index in [1.54, 1.807) is 0 Å². The maximum atomic E-state index is 12.5. The van der Waals surface area contributed by atoms with Crippen molar-refractivity contribution in [1.82, 2.24) is 5.32 Å². The van der Waals surface area contributed by atoms with E-state index >= 15 is 0 Å². The molecule has 1 aromatic carbocycles. The number of hydrogen-bond acceptors (Lipinski definition) is 3. The fourth-order valence-electron chi connectivity index (χ4n) is 2.95. The molecule has 1 aliphatic rings. The Morgan fingerprint density at radius 2 is 2.10 bits per heavy atom. The van der Waals surface area contributed by atoms with Crippen LogP contribution in [-0.4, -0.2) is 23.0 Å². The highest BCUT2D eigenvalue weighted by Crippen LogP contribution is 2.30. The number of benzene rings is 1. The van der Waals surface area contributed by atoms with E-state index < -0.39 is 0 Å². The Hall–Kier alpha value is -1.00. The first-order valence-electron chi connectivity index (χ1n) is 7.86. The molecule has 4 heteroatoms. The van der Waals surface area contributed by atoms with Crippen LogP contribution < -0.4 is 11.1 Å². The van der Waals surface area contributed by atoms with Crippen LogP contribution >= 0.6 is 11.8 Å². The second-order valence-electron chi connectivity index (χ2n) is 5.76. The Bertz CT molecular complexity index is 451. The summed E-state index contributed by atoms with van der Waals surface area (Å²) in [6.07, 6.45) is 3.51. The molecule has 21 heavy (non-hydrogen) atoms. The van der Waals surface area contributed by atoms with Crippen molar-refractivity contribution in [3.8, 4) is 0 Å². The standard InChI is InChI=1S/C17H26N2OS/c1-3-21-15-11-7-10-14(15)19-17(20)12(2)16(18)13-8-5-4-6-9-13/h4-6,8-9,12,14-16H,3,7,10-11,18H2,1-2H3,(H,19,20). The summed E-state index contributed by atoms with van der Waals surface area (Å²) in [5.74, 6) is 0.982. The second-order valence-corrected chi connectivity index (χ2v) is 7.28. The Morgan fingerprint density at radius 3 is 2.76 bits per heavy atom. The first-order chi connectivity index (χ1) is 10.1. The van der Waals surface area contributed by atoms with Gasteiger partial charge in [0, 0.05) is 17.3 Å².